The number of unbranched alkanes of at least 4 members (excludes halogenated alkanes) is 20. The molecule has 1 N–H and O–H groups in total. The van der Waals surface area contributed by atoms with Crippen LogP contribution in [0.1, 0.15) is 181 Å². The second kappa shape index (κ2) is 28.4. The molecule has 34 heavy (non-hydrogen) atoms. The van der Waals surface area contributed by atoms with E-state index in [4.69, 9.17) is 0 Å². The third-order valence-electron chi connectivity index (χ3n) is 7.06. The summed E-state index contributed by atoms with van der Waals surface area (Å²) in [5.74, 6) is 0.247. The van der Waals surface area contributed by atoms with Gasteiger partial charge in [-0.3, -0.25) is 4.79 Å². The molecule has 0 aromatic rings. The van der Waals surface area contributed by atoms with Crippen LogP contribution in [-0.2, 0) is 4.79 Å². The monoisotopic (exact) mass is 477 g/mol. The van der Waals surface area contributed by atoms with Crippen molar-refractivity contribution in [3.05, 3.63) is 12.2 Å². The van der Waals surface area contributed by atoms with Crippen LogP contribution >= 0.6 is 0 Å². The number of hydrogen-bond acceptors (Lipinski definition) is 1. The first kappa shape index (κ1) is 33.2. The summed E-state index contributed by atoms with van der Waals surface area (Å²) in [7, 11) is 0. The first-order chi connectivity index (χ1) is 16.7. The molecule has 0 radical (unpaired) electrons. The first-order valence-corrected chi connectivity index (χ1v) is 15.6. The molecule has 0 aliphatic heterocycles. The Morgan fingerprint density at radius 2 is 0.941 bits per heavy atom. The van der Waals surface area contributed by atoms with Gasteiger partial charge in [-0.1, -0.05) is 142 Å². The van der Waals surface area contributed by atoms with Gasteiger partial charge in [-0.05, 0) is 45.4 Å². The summed E-state index contributed by atoms with van der Waals surface area (Å²) >= 11 is 0. The molecule has 0 aliphatic rings. The lowest BCUT2D eigenvalue weighted by molar-refractivity contribution is -0.121. The zero-order valence-electron chi connectivity index (χ0n) is 23.8. The lowest BCUT2D eigenvalue weighted by atomic mass is 10.0. The Hall–Kier alpha value is -0.790. The Labute approximate surface area is 215 Å². The minimum absolute atomic E-state index is 0.247. The molecule has 0 aromatic carbocycles. The van der Waals surface area contributed by atoms with E-state index in [1.807, 2.05) is 0 Å². The molecule has 1 atom stereocenters. The Bertz CT molecular complexity index is 431. The van der Waals surface area contributed by atoms with Gasteiger partial charge in [-0.2, -0.15) is 0 Å². The van der Waals surface area contributed by atoms with Gasteiger partial charge in [0, 0.05) is 12.5 Å². The molecule has 0 saturated heterocycles. The van der Waals surface area contributed by atoms with E-state index in [-0.39, 0.29) is 5.91 Å². The average Bonchev–Trinajstić information content (AvgIpc) is 2.83. The molecule has 0 spiro atoms. The van der Waals surface area contributed by atoms with E-state index in [1.54, 1.807) is 0 Å². The van der Waals surface area contributed by atoms with Crippen LogP contribution in [0.4, 0.5) is 0 Å². The fourth-order valence-corrected chi connectivity index (χ4v) is 4.70. The number of carbonyl (C=O) groups excluding carboxylic acids is 1. The summed E-state index contributed by atoms with van der Waals surface area (Å²) in [4.78, 5) is 11.9. The van der Waals surface area contributed by atoms with Crippen molar-refractivity contribution in [2.24, 2.45) is 0 Å². The van der Waals surface area contributed by atoms with E-state index in [2.05, 4.69) is 38.2 Å². The number of carbonyl (C=O) groups is 1. The topological polar surface area (TPSA) is 29.1 Å². The summed E-state index contributed by atoms with van der Waals surface area (Å²) < 4.78 is 0. The quantitative estimate of drug-likeness (QED) is 0.0924. The van der Waals surface area contributed by atoms with E-state index in [0.717, 1.165) is 12.8 Å². The lowest BCUT2D eigenvalue weighted by Gasteiger charge is -2.13. The highest BCUT2D eigenvalue weighted by molar-refractivity contribution is 5.76. The van der Waals surface area contributed by atoms with Gasteiger partial charge < -0.3 is 5.32 Å². The third-order valence-corrected chi connectivity index (χ3v) is 7.06. The summed E-state index contributed by atoms with van der Waals surface area (Å²) in [5.41, 5.74) is 0. The van der Waals surface area contributed by atoms with E-state index in [9.17, 15) is 4.79 Å². The molecule has 0 fully saturated rings. The number of hydrogen-bond donors (Lipinski definition) is 1. The number of rotatable bonds is 27. The van der Waals surface area contributed by atoms with E-state index in [0.29, 0.717) is 12.5 Å². The molecule has 0 aliphatic carbocycles. The lowest BCUT2D eigenvalue weighted by Crippen LogP contribution is -2.32. The first-order valence-electron chi connectivity index (χ1n) is 15.6. The highest BCUT2D eigenvalue weighted by Crippen LogP contribution is 2.13. The largest absolute Gasteiger partial charge is 0.354 e. The zero-order valence-corrected chi connectivity index (χ0v) is 23.8. The molecular weight excluding hydrogens is 414 g/mol. The summed E-state index contributed by atoms with van der Waals surface area (Å²) in [6.07, 6.45) is 37.7. The number of nitrogens with one attached hydrogen (secondary N) is 1. The second-order valence-electron chi connectivity index (χ2n) is 10.8. The van der Waals surface area contributed by atoms with Gasteiger partial charge in [0.05, 0.1) is 0 Å². The highest BCUT2D eigenvalue weighted by atomic mass is 16.1. The standard InChI is InChI=1S/C32H63NO/c1-4-6-8-9-10-11-12-13-14-15-16-17-18-19-20-21-22-23-24-25-26-27-28-30-32(34)33-31(3)29-7-5-2/h20-21,31H,4-19,22-30H2,1-3H3,(H,33,34)/b21-20-. The van der Waals surface area contributed by atoms with E-state index in [1.165, 1.54) is 141 Å². The van der Waals surface area contributed by atoms with Gasteiger partial charge >= 0.3 is 0 Å². The maximum absolute atomic E-state index is 11.9. The van der Waals surface area contributed by atoms with Crippen LogP contribution in [0.2, 0.25) is 0 Å². The average molecular weight is 478 g/mol. The highest BCUT2D eigenvalue weighted by Gasteiger charge is 2.06. The van der Waals surface area contributed by atoms with Crippen LogP contribution in [0.5, 0.6) is 0 Å². The van der Waals surface area contributed by atoms with Gasteiger partial charge in [0.1, 0.15) is 0 Å². The molecular formula is C32H63NO. The minimum atomic E-state index is 0.247. The maximum atomic E-state index is 11.9. The van der Waals surface area contributed by atoms with Crippen LogP contribution in [0.25, 0.3) is 0 Å². The second-order valence-corrected chi connectivity index (χ2v) is 10.8. The van der Waals surface area contributed by atoms with Crippen LogP contribution in [0.3, 0.4) is 0 Å². The predicted octanol–water partition coefficient (Wildman–Crippen LogP) is 10.8. The van der Waals surface area contributed by atoms with Gasteiger partial charge in [0.25, 0.3) is 0 Å². The maximum Gasteiger partial charge on any atom is 0.220 e. The van der Waals surface area contributed by atoms with Gasteiger partial charge in [-0.15, -0.1) is 0 Å². The fourth-order valence-electron chi connectivity index (χ4n) is 4.70. The Balaban J connectivity index is 3.21. The Kier molecular flexibility index (Phi) is 27.8. The molecule has 1 amide bonds. The number of allylic oxidation sites excluding steroid dienone is 2. The normalized spacial score (nSPS) is 12.4. The van der Waals surface area contributed by atoms with Crippen LogP contribution in [-0.4, -0.2) is 11.9 Å². The van der Waals surface area contributed by atoms with Crippen molar-refractivity contribution >= 4 is 5.91 Å². The van der Waals surface area contributed by atoms with Crippen molar-refractivity contribution in [1.82, 2.24) is 5.32 Å². The molecule has 2 heteroatoms. The SMILES string of the molecule is CCCCCCCCCCCCCCC/C=C\CCCCCCCCC(=O)NC(C)CCCC. The molecule has 2 nitrogen and oxygen atoms in total. The minimum Gasteiger partial charge on any atom is -0.354 e. The summed E-state index contributed by atoms with van der Waals surface area (Å²) in [6, 6.07) is 0.338. The van der Waals surface area contributed by atoms with E-state index >= 15 is 0 Å². The van der Waals surface area contributed by atoms with Crippen molar-refractivity contribution in [3.63, 3.8) is 0 Å². The zero-order chi connectivity index (χ0) is 25.0. The molecule has 0 heterocycles. The molecule has 0 rings (SSSR count). The van der Waals surface area contributed by atoms with Crippen molar-refractivity contribution < 1.29 is 4.79 Å². The molecule has 1 unspecified atom stereocenters. The van der Waals surface area contributed by atoms with Crippen molar-refractivity contribution in [2.45, 2.75) is 187 Å². The number of amides is 1. The smallest absolute Gasteiger partial charge is 0.220 e. The van der Waals surface area contributed by atoms with Crippen LogP contribution in [0.15, 0.2) is 12.2 Å². The summed E-state index contributed by atoms with van der Waals surface area (Å²) in [5, 5.41) is 3.13. The van der Waals surface area contributed by atoms with Gasteiger partial charge in [0.2, 0.25) is 5.91 Å². The molecule has 0 saturated carbocycles. The Morgan fingerprint density at radius 1 is 0.559 bits per heavy atom. The Morgan fingerprint density at radius 3 is 1.38 bits per heavy atom. The van der Waals surface area contributed by atoms with Crippen molar-refractivity contribution in [2.75, 3.05) is 0 Å². The van der Waals surface area contributed by atoms with Crippen LogP contribution in [0, 0.1) is 0 Å². The molecule has 202 valence electrons. The third kappa shape index (κ3) is 27.5. The van der Waals surface area contributed by atoms with Gasteiger partial charge in [0.15, 0.2) is 0 Å². The molecule has 0 bridgehead atoms. The van der Waals surface area contributed by atoms with Crippen LogP contribution < -0.4 is 5.32 Å². The van der Waals surface area contributed by atoms with E-state index < -0.39 is 0 Å². The van der Waals surface area contributed by atoms with Crippen molar-refractivity contribution in [3.8, 4) is 0 Å². The molecule has 0 aromatic heterocycles. The van der Waals surface area contributed by atoms with Crippen molar-refractivity contribution in [1.29, 1.82) is 0 Å². The van der Waals surface area contributed by atoms with Gasteiger partial charge in [-0.25, -0.2) is 0 Å². The fraction of sp³-hybridized carbons (Fsp3) is 0.906. The summed E-state index contributed by atoms with van der Waals surface area (Å²) in [6.45, 7) is 6.62. The predicted molar refractivity (Wildman–Crippen MR) is 154 cm³/mol.